The maximum Gasteiger partial charge on any atom is -0.0133 e. The number of rotatable bonds is 15. The fourth-order valence-corrected chi connectivity index (χ4v) is 3.57. The molecule has 2 unspecified atom stereocenters. The number of hydrogen-bond donors (Lipinski definition) is 0. The lowest BCUT2D eigenvalue weighted by molar-refractivity contribution is 0.594. The van der Waals surface area contributed by atoms with Gasteiger partial charge in [-0.15, -0.1) is 6.58 Å². The van der Waals surface area contributed by atoms with E-state index in [4.69, 9.17) is 0 Å². The summed E-state index contributed by atoms with van der Waals surface area (Å²) in [5.41, 5.74) is 7.48. The van der Waals surface area contributed by atoms with Crippen molar-refractivity contribution in [2.75, 3.05) is 0 Å². The molecule has 0 aliphatic rings. The van der Waals surface area contributed by atoms with Crippen molar-refractivity contribution < 1.29 is 0 Å². The van der Waals surface area contributed by atoms with Crippen molar-refractivity contribution in [2.24, 2.45) is 11.8 Å². The van der Waals surface area contributed by atoms with Crippen LogP contribution in [-0.4, -0.2) is 0 Å². The van der Waals surface area contributed by atoms with E-state index in [0.717, 1.165) is 19.3 Å². The van der Waals surface area contributed by atoms with Gasteiger partial charge in [-0.25, -0.2) is 0 Å². The second kappa shape index (κ2) is 17.2. The molecule has 0 amide bonds. The molecule has 0 heteroatoms. The molecule has 0 aliphatic carbocycles. The molecule has 0 radical (unpaired) electrons. The van der Waals surface area contributed by atoms with Crippen molar-refractivity contribution in [3.63, 3.8) is 0 Å². The Balaban J connectivity index is 4.84. The summed E-state index contributed by atoms with van der Waals surface area (Å²) in [5, 5.41) is 0. The Morgan fingerprint density at radius 3 is 1.83 bits per heavy atom. The van der Waals surface area contributed by atoms with E-state index in [9.17, 15) is 0 Å². The molecular formula is C30H50. The van der Waals surface area contributed by atoms with Crippen molar-refractivity contribution >= 4 is 0 Å². The molecule has 0 heterocycles. The van der Waals surface area contributed by atoms with Gasteiger partial charge in [0.2, 0.25) is 0 Å². The van der Waals surface area contributed by atoms with Gasteiger partial charge in [-0.2, -0.15) is 0 Å². The maximum atomic E-state index is 3.91. The summed E-state index contributed by atoms with van der Waals surface area (Å²) in [6.45, 7) is 21.9. The molecule has 170 valence electrons. The number of hydrogen-bond acceptors (Lipinski definition) is 0. The lowest BCUT2D eigenvalue weighted by Crippen LogP contribution is -2.02. The summed E-state index contributed by atoms with van der Waals surface area (Å²) in [4.78, 5) is 0. The fourth-order valence-electron chi connectivity index (χ4n) is 3.57. The van der Waals surface area contributed by atoms with Crippen LogP contribution < -0.4 is 0 Å². The van der Waals surface area contributed by atoms with Crippen LogP contribution in [0, 0.1) is 11.8 Å². The SMILES string of the molecule is C=CCC(C)/C=C(\C/C=C(\C)CC/C=C(\C)CCC=C(C)C)C(C)CCC=C(C)C. The Morgan fingerprint density at radius 2 is 1.27 bits per heavy atom. The summed E-state index contributed by atoms with van der Waals surface area (Å²) in [6, 6.07) is 0. The monoisotopic (exact) mass is 410 g/mol. The average Bonchev–Trinajstić information content (AvgIpc) is 2.64. The highest BCUT2D eigenvalue weighted by Crippen LogP contribution is 2.25. The van der Waals surface area contributed by atoms with Crippen molar-refractivity contribution in [2.45, 2.75) is 107 Å². The van der Waals surface area contributed by atoms with Crippen LogP contribution in [0.25, 0.3) is 0 Å². The van der Waals surface area contributed by atoms with Crippen molar-refractivity contribution in [1.29, 1.82) is 0 Å². The first kappa shape index (κ1) is 28.4. The first-order chi connectivity index (χ1) is 14.1. The van der Waals surface area contributed by atoms with E-state index in [2.05, 4.69) is 92.3 Å². The van der Waals surface area contributed by atoms with Crippen LogP contribution >= 0.6 is 0 Å². The van der Waals surface area contributed by atoms with Gasteiger partial charge in [0.05, 0.1) is 0 Å². The van der Waals surface area contributed by atoms with E-state index in [1.807, 2.05) is 6.08 Å². The Bertz CT molecular complexity index is 625. The summed E-state index contributed by atoms with van der Waals surface area (Å²) >= 11 is 0. The lowest BCUT2D eigenvalue weighted by atomic mass is 9.89. The summed E-state index contributed by atoms with van der Waals surface area (Å²) in [6.07, 6.45) is 23.4. The number of allylic oxidation sites excluding steroid dienone is 11. The predicted octanol–water partition coefficient (Wildman–Crippen LogP) is 10.3. The Kier molecular flexibility index (Phi) is 16.3. The van der Waals surface area contributed by atoms with Gasteiger partial charge in [-0.3, -0.25) is 0 Å². The first-order valence-corrected chi connectivity index (χ1v) is 12.0. The Hall–Kier alpha value is -1.56. The smallest absolute Gasteiger partial charge is 0.0133 e. The zero-order chi connectivity index (χ0) is 22.9. The van der Waals surface area contributed by atoms with Crippen LogP contribution in [0.15, 0.2) is 70.9 Å². The molecule has 0 fully saturated rings. The molecule has 0 saturated heterocycles. The highest BCUT2D eigenvalue weighted by atomic mass is 14.1. The third-order valence-corrected chi connectivity index (χ3v) is 5.63. The average molecular weight is 411 g/mol. The van der Waals surface area contributed by atoms with Gasteiger partial charge < -0.3 is 0 Å². The molecule has 0 bridgehead atoms. The van der Waals surface area contributed by atoms with Gasteiger partial charge in [0.1, 0.15) is 0 Å². The van der Waals surface area contributed by atoms with E-state index in [0.29, 0.717) is 11.8 Å². The van der Waals surface area contributed by atoms with E-state index in [1.165, 1.54) is 54.4 Å². The van der Waals surface area contributed by atoms with Crippen LogP contribution in [0.2, 0.25) is 0 Å². The largest absolute Gasteiger partial charge is 0.103 e. The molecule has 0 aromatic heterocycles. The van der Waals surface area contributed by atoms with Crippen LogP contribution in [0.3, 0.4) is 0 Å². The van der Waals surface area contributed by atoms with Crippen LogP contribution in [0.4, 0.5) is 0 Å². The molecular weight excluding hydrogens is 360 g/mol. The third kappa shape index (κ3) is 16.3. The zero-order valence-corrected chi connectivity index (χ0v) is 21.5. The van der Waals surface area contributed by atoms with Crippen LogP contribution in [0.5, 0.6) is 0 Å². The van der Waals surface area contributed by atoms with Gasteiger partial charge in [-0.05, 0) is 105 Å². The molecule has 30 heavy (non-hydrogen) atoms. The molecule has 0 aromatic carbocycles. The summed E-state index contributed by atoms with van der Waals surface area (Å²) < 4.78 is 0. The molecule has 0 aliphatic heterocycles. The van der Waals surface area contributed by atoms with Gasteiger partial charge in [0.25, 0.3) is 0 Å². The molecule has 2 atom stereocenters. The Morgan fingerprint density at radius 1 is 0.733 bits per heavy atom. The highest BCUT2D eigenvalue weighted by Gasteiger charge is 2.09. The molecule has 0 aromatic rings. The van der Waals surface area contributed by atoms with Crippen molar-refractivity contribution in [1.82, 2.24) is 0 Å². The first-order valence-electron chi connectivity index (χ1n) is 12.0. The van der Waals surface area contributed by atoms with Crippen molar-refractivity contribution in [3.8, 4) is 0 Å². The van der Waals surface area contributed by atoms with Gasteiger partial charge in [0.15, 0.2) is 0 Å². The minimum Gasteiger partial charge on any atom is -0.103 e. The highest BCUT2D eigenvalue weighted by molar-refractivity contribution is 5.16. The topological polar surface area (TPSA) is 0 Å². The van der Waals surface area contributed by atoms with Gasteiger partial charge >= 0.3 is 0 Å². The molecule has 0 N–H and O–H groups in total. The second-order valence-corrected chi connectivity index (χ2v) is 9.67. The zero-order valence-electron chi connectivity index (χ0n) is 21.5. The molecule has 0 spiro atoms. The van der Waals surface area contributed by atoms with E-state index < -0.39 is 0 Å². The van der Waals surface area contributed by atoms with E-state index >= 15 is 0 Å². The third-order valence-electron chi connectivity index (χ3n) is 5.63. The van der Waals surface area contributed by atoms with Crippen LogP contribution in [0.1, 0.15) is 107 Å². The minimum atomic E-state index is 0.573. The van der Waals surface area contributed by atoms with E-state index in [-0.39, 0.29) is 0 Å². The van der Waals surface area contributed by atoms with Gasteiger partial charge in [0, 0.05) is 0 Å². The predicted molar refractivity (Wildman–Crippen MR) is 140 cm³/mol. The quantitative estimate of drug-likeness (QED) is 0.235. The molecule has 0 rings (SSSR count). The summed E-state index contributed by atoms with van der Waals surface area (Å²) in [7, 11) is 0. The minimum absolute atomic E-state index is 0.573. The summed E-state index contributed by atoms with van der Waals surface area (Å²) in [5.74, 6) is 1.21. The van der Waals surface area contributed by atoms with E-state index in [1.54, 1.807) is 5.57 Å². The second-order valence-electron chi connectivity index (χ2n) is 9.67. The van der Waals surface area contributed by atoms with Gasteiger partial charge in [-0.1, -0.05) is 78.2 Å². The fraction of sp³-hybridized carbons (Fsp3) is 0.600. The molecule has 0 saturated carbocycles. The lowest BCUT2D eigenvalue weighted by Gasteiger charge is -2.17. The van der Waals surface area contributed by atoms with Crippen LogP contribution in [-0.2, 0) is 0 Å². The Labute approximate surface area is 189 Å². The maximum absolute atomic E-state index is 3.91. The molecule has 0 nitrogen and oxygen atoms in total. The van der Waals surface area contributed by atoms with Crippen molar-refractivity contribution in [3.05, 3.63) is 70.9 Å². The normalized spacial score (nSPS) is 14.9. The standard InChI is InChI=1S/C30H50/c1-10-14-28(8)23-30(29(9)20-12-16-25(4)5)22-21-27(7)19-13-18-26(6)17-11-15-24(2)3/h10,15-16,18,21,23,28-29H,1,11-14,17,19-20,22H2,2-9H3/b26-18+,27-21+,30-23+.